The molecule has 20 heavy (non-hydrogen) atoms. The largest absolute Gasteiger partial charge is 0.271 e. The second-order valence-electron chi connectivity index (χ2n) is 4.24. The molecular weight excluding hydrogens is 295 g/mol. The van der Waals surface area contributed by atoms with Crippen molar-refractivity contribution in [2.24, 2.45) is 5.10 Å². The highest BCUT2D eigenvalue weighted by atomic mass is 35.5. The van der Waals surface area contributed by atoms with Gasteiger partial charge in [0.15, 0.2) is 0 Å². The Balaban J connectivity index is 2.03. The van der Waals surface area contributed by atoms with Crippen molar-refractivity contribution in [3.63, 3.8) is 0 Å². The Kier molecular flexibility index (Phi) is 4.77. The van der Waals surface area contributed by atoms with Gasteiger partial charge in [0.2, 0.25) is 0 Å². The van der Waals surface area contributed by atoms with Gasteiger partial charge in [0.25, 0.3) is 5.91 Å². The van der Waals surface area contributed by atoms with Gasteiger partial charge in [0, 0.05) is 5.56 Å². The predicted octanol–water partition coefficient (Wildman–Crippen LogP) is 4.07. The zero-order valence-corrected chi connectivity index (χ0v) is 12.2. The summed E-state index contributed by atoms with van der Waals surface area (Å²) in [7, 11) is 0. The lowest BCUT2D eigenvalue weighted by Gasteiger charge is -2.01. The molecule has 102 valence electrons. The van der Waals surface area contributed by atoms with E-state index in [0.717, 1.165) is 11.1 Å². The molecule has 0 aliphatic carbocycles. The molecule has 1 N–H and O–H groups in total. The predicted molar refractivity (Wildman–Crippen MR) is 82.7 cm³/mol. The number of carbonyl (C=O) groups excluding carboxylic acids is 1. The number of halogens is 2. The average Bonchev–Trinajstić information content (AvgIpc) is 2.42. The Hall–Kier alpha value is -1.84. The molecule has 0 unspecified atom stereocenters. The first-order valence-corrected chi connectivity index (χ1v) is 6.67. The highest BCUT2D eigenvalue weighted by Gasteiger charge is 2.06. The first-order chi connectivity index (χ1) is 9.56. The van der Waals surface area contributed by atoms with E-state index in [2.05, 4.69) is 10.5 Å². The molecule has 0 heterocycles. The van der Waals surface area contributed by atoms with Crippen molar-refractivity contribution in [2.75, 3.05) is 0 Å². The van der Waals surface area contributed by atoms with E-state index in [1.54, 1.807) is 18.3 Å². The molecule has 1 amide bonds. The Bertz CT molecular complexity index is 669. The molecule has 2 aromatic rings. The summed E-state index contributed by atoms with van der Waals surface area (Å²) in [6.45, 7) is 1.99. The first kappa shape index (κ1) is 14.6. The van der Waals surface area contributed by atoms with Crippen molar-refractivity contribution in [3.8, 4) is 0 Å². The molecule has 0 aliphatic rings. The SMILES string of the molecule is Cc1cccc(C=NNC(=O)c2ccc(Cl)c(Cl)c2)c1. The molecule has 2 aromatic carbocycles. The van der Waals surface area contributed by atoms with E-state index in [-0.39, 0.29) is 5.91 Å². The lowest BCUT2D eigenvalue weighted by atomic mass is 10.2. The van der Waals surface area contributed by atoms with Gasteiger partial charge < -0.3 is 0 Å². The van der Waals surface area contributed by atoms with Crippen LogP contribution < -0.4 is 5.43 Å². The van der Waals surface area contributed by atoms with Crippen molar-refractivity contribution in [1.82, 2.24) is 5.43 Å². The van der Waals surface area contributed by atoms with Gasteiger partial charge in [0.05, 0.1) is 16.3 Å². The van der Waals surface area contributed by atoms with Gasteiger partial charge >= 0.3 is 0 Å². The Labute approximate surface area is 127 Å². The van der Waals surface area contributed by atoms with Crippen molar-refractivity contribution < 1.29 is 4.79 Å². The lowest BCUT2D eigenvalue weighted by Crippen LogP contribution is -2.17. The fraction of sp³-hybridized carbons (Fsp3) is 0.0667. The van der Waals surface area contributed by atoms with Gasteiger partial charge in [-0.2, -0.15) is 5.10 Å². The molecular formula is C15H12Cl2N2O. The van der Waals surface area contributed by atoms with Crippen LogP contribution in [0.15, 0.2) is 47.6 Å². The molecule has 0 bridgehead atoms. The lowest BCUT2D eigenvalue weighted by molar-refractivity contribution is 0.0955. The normalized spacial score (nSPS) is 10.8. The van der Waals surface area contributed by atoms with Gasteiger partial charge in [0.1, 0.15) is 0 Å². The number of nitrogens with one attached hydrogen (secondary N) is 1. The monoisotopic (exact) mass is 306 g/mol. The van der Waals surface area contributed by atoms with E-state index in [1.807, 2.05) is 31.2 Å². The minimum atomic E-state index is -0.340. The minimum Gasteiger partial charge on any atom is -0.267 e. The summed E-state index contributed by atoms with van der Waals surface area (Å²) in [5.41, 5.74) is 4.89. The molecule has 0 aliphatic heterocycles. The molecule has 0 spiro atoms. The fourth-order valence-corrected chi connectivity index (χ4v) is 1.92. The fourth-order valence-electron chi connectivity index (χ4n) is 1.62. The van der Waals surface area contributed by atoms with Crippen molar-refractivity contribution in [1.29, 1.82) is 0 Å². The number of hydrogen-bond acceptors (Lipinski definition) is 2. The second kappa shape index (κ2) is 6.55. The summed E-state index contributed by atoms with van der Waals surface area (Å²) < 4.78 is 0. The van der Waals surface area contributed by atoms with E-state index in [1.165, 1.54) is 6.07 Å². The van der Waals surface area contributed by atoms with Gasteiger partial charge in [-0.25, -0.2) is 5.43 Å². The van der Waals surface area contributed by atoms with Gasteiger partial charge in [-0.15, -0.1) is 0 Å². The maximum atomic E-state index is 11.8. The van der Waals surface area contributed by atoms with Gasteiger partial charge in [-0.1, -0.05) is 53.0 Å². The Morgan fingerprint density at radius 2 is 1.95 bits per heavy atom. The molecule has 0 radical (unpaired) electrons. The van der Waals surface area contributed by atoms with Gasteiger partial charge in [-0.3, -0.25) is 4.79 Å². The summed E-state index contributed by atoms with van der Waals surface area (Å²) >= 11 is 11.6. The summed E-state index contributed by atoms with van der Waals surface area (Å²) in [5.74, 6) is -0.340. The minimum absolute atomic E-state index is 0.335. The standard InChI is InChI=1S/C15H12Cl2N2O/c1-10-3-2-4-11(7-10)9-18-19-15(20)12-5-6-13(16)14(17)8-12/h2-9H,1H3,(H,19,20). The average molecular weight is 307 g/mol. The van der Waals surface area contributed by atoms with Crippen LogP contribution in [0.4, 0.5) is 0 Å². The molecule has 3 nitrogen and oxygen atoms in total. The third-order valence-corrected chi connectivity index (χ3v) is 3.34. The summed E-state index contributed by atoms with van der Waals surface area (Å²) in [6.07, 6.45) is 1.59. The van der Waals surface area contributed by atoms with Crippen LogP contribution in [0.3, 0.4) is 0 Å². The molecule has 0 fully saturated rings. The molecule has 0 aromatic heterocycles. The molecule has 2 rings (SSSR count). The third kappa shape index (κ3) is 3.83. The number of rotatable bonds is 3. The summed E-state index contributed by atoms with van der Waals surface area (Å²) in [4.78, 5) is 11.8. The van der Waals surface area contributed by atoms with E-state index >= 15 is 0 Å². The van der Waals surface area contributed by atoms with Crippen molar-refractivity contribution in [3.05, 3.63) is 69.2 Å². The number of carbonyl (C=O) groups is 1. The Morgan fingerprint density at radius 3 is 2.65 bits per heavy atom. The van der Waals surface area contributed by atoms with Crippen LogP contribution in [0.5, 0.6) is 0 Å². The topological polar surface area (TPSA) is 41.5 Å². The highest BCUT2D eigenvalue weighted by Crippen LogP contribution is 2.22. The van der Waals surface area contributed by atoms with E-state index in [4.69, 9.17) is 23.2 Å². The van der Waals surface area contributed by atoms with Crippen LogP contribution >= 0.6 is 23.2 Å². The van der Waals surface area contributed by atoms with E-state index in [0.29, 0.717) is 15.6 Å². The van der Waals surface area contributed by atoms with Crippen molar-refractivity contribution >= 4 is 35.3 Å². The van der Waals surface area contributed by atoms with Crippen LogP contribution in [0.1, 0.15) is 21.5 Å². The van der Waals surface area contributed by atoms with E-state index < -0.39 is 0 Å². The second-order valence-corrected chi connectivity index (χ2v) is 5.06. The first-order valence-electron chi connectivity index (χ1n) is 5.91. The zero-order valence-electron chi connectivity index (χ0n) is 10.7. The Morgan fingerprint density at radius 1 is 1.15 bits per heavy atom. The molecule has 5 heteroatoms. The molecule has 0 atom stereocenters. The van der Waals surface area contributed by atoms with Crippen LogP contribution in [0.2, 0.25) is 10.0 Å². The summed E-state index contributed by atoms with van der Waals surface area (Å²) in [5, 5.41) is 4.65. The molecule has 0 saturated carbocycles. The number of hydrogen-bond donors (Lipinski definition) is 1. The highest BCUT2D eigenvalue weighted by molar-refractivity contribution is 6.42. The van der Waals surface area contributed by atoms with Crippen LogP contribution in [-0.4, -0.2) is 12.1 Å². The number of aryl methyl sites for hydroxylation is 1. The maximum Gasteiger partial charge on any atom is 0.271 e. The third-order valence-electron chi connectivity index (χ3n) is 2.60. The van der Waals surface area contributed by atoms with E-state index in [9.17, 15) is 4.79 Å². The quantitative estimate of drug-likeness (QED) is 0.674. The number of amides is 1. The zero-order chi connectivity index (χ0) is 14.5. The smallest absolute Gasteiger partial charge is 0.267 e. The molecule has 0 saturated heterocycles. The number of hydrazone groups is 1. The van der Waals surface area contributed by atoms with Crippen molar-refractivity contribution in [2.45, 2.75) is 6.92 Å². The number of nitrogens with zero attached hydrogens (tertiary/aromatic N) is 1. The number of benzene rings is 2. The maximum absolute atomic E-state index is 11.8. The summed E-state index contributed by atoms with van der Waals surface area (Å²) in [6, 6.07) is 12.5. The van der Waals surface area contributed by atoms with Crippen LogP contribution in [-0.2, 0) is 0 Å². The van der Waals surface area contributed by atoms with Crippen LogP contribution in [0, 0.1) is 6.92 Å². The van der Waals surface area contributed by atoms with Gasteiger partial charge in [-0.05, 0) is 30.7 Å². The van der Waals surface area contributed by atoms with Crippen LogP contribution in [0.25, 0.3) is 0 Å².